The minimum Gasteiger partial charge on any atom is -0.458 e. The molecule has 0 fully saturated rings. The smallest absolute Gasteiger partial charge is 0.298 e. The summed E-state index contributed by atoms with van der Waals surface area (Å²) in [5.41, 5.74) is 0.918. The minimum absolute atomic E-state index is 0.242. The van der Waals surface area contributed by atoms with Gasteiger partial charge in [-0.05, 0) is 32.0 Å². The van der Waals surface area contributed by atoms with Gasteiger partial charge in [0.15, 0.2) is 0 Å². The van der Waals surface area contributed by atoms with Crippen molar-refractivity contribution in [2.45, 2.75) is 19.6 Å². The monoisotopic (exact) mass is 360 g/mol. The molecule has 2 aliphatic rings. The Balaban J connectivity index is 2.02. The van der Waals surface area contributed by atoms with Gasteiger partial charge in [0.2, 0.25) is 0 Å². The molecule has 2 aliphatic heterocycles. The quantitative estimate of drug-likeness (QED) is 0.784. The number of rotatable bonds is 3. The van der Waals surface area contributed by atoms with E-state index in [9.17, 15) is 9.59 Å². The SMILES string of the molecule is C=CCN1C(=O)C2(OC(C)=C(C)C(=O)N2c2ccccc2)c2ccccc21. The predicted octanol–water partition coefficient (Wildman–Crippen LogP) is 3.73. The number of carbonyl (C=O) groups excluding carboxylic acids is 2. The second-order valence-corrected chi connectivity index (χ2v) is 6.62. The van der Waals surface area contributed by atoms with E-state index >= 15 is 0 Å². The van der Waals surface area contributed by atoms with Crippen LogP contribution in [0.5, 0.6) is 0 Å². The Morgan fingerprint density at radius 3 is 2.41 bits per heavy atom. The van der Waals surface area contributed by atoms with E-state index in [1.807, 2.05) is 54.6 Å². The van der Waals surface area contributed by atoms with Gasteiger partial charge < -0.3 is 9.64 Å². The number of ether oxygens (including phenoxy) is 1. The number of benzene rings is 2. The Labute approximate surface area is 158 Å². The zero-order valence-corrected chi connectivity index (χ0v) is 15.3. The van der Waals surface area contributed by atoms with Crippen molar-refractivity contribution < 1.29 is 14.3 Å². The molecule has 27 heavy (non-hydrogen) atoms. The fourth-order valence-electron chi connectivity index (χ4n) is 3.71. The molecular formula is C22H20N2O3. The molecule has 2 aromatic carbocycles. The van der Waals surface area contributed by atoms with E-state index in [0.29, 0.717) is 29.1 Å². The van der Waals surface area contributed by atoms with Crippen molar-refractivity contribution >= 4 is 23.2 Å². The van der Waals surface area contributed by atoms with Gasteiger partial charge in [0.1, 0.15) is 5.76 Å². The first kappa shape index (κ1) is 17.1. The molecule has 5 heteroatoms. The number of anilines is 2. The van der Waals surface area contributed by atoms with Crippen LogP contribution in [-0.4, -0.2) is 18.4 Å². The van der Waals surface area contributed by atoms with E-state index < -0.39 is 5.72 Å². The van der Waals surface area contributed by atoms with Gasteiger partial charge in [-0.15, -0.1) is 6.58 Å². The third-order valence-corrected chi connectivity index (χ3v) is 5.09. The Morgan fingerprint density at radius 2 is 1.70 bits per heavy atom. The molecule has 0 saturated heterocycles. The molecule has 0 radical (unpaired) electrons. The average molecular weight is 360 g/mol. The first-order chi connectivity index (χ1) is 13.0. The molecule has 5 nitrogen and oxygen atoms in total. The Kier molecular flexibility index (Phi) is 3.88. The summed E-state index contributed by atoms with van der Waals surface area (Å²) in [5, 5.41) is 0. The molecule has 0 saturated carbocycles. The van der Waals surface area contributed by atoms with Crippen LogP contribution in [-0.2, 0) is 20.1 Å². The number of hydrogen-bond acceptors (Lipinski definition) is 3. The van der Waals surface area contributed by atoms with Crippen molar-refractivity contribution in [1.82, 2.24) is 0 Å². The lowest BCUT2D eigenvalue weighted by Crippen LogP contribution is -2.60. The van der Waals surface area contributed by atoms with Crippen molar-refractivity contribution in [1.29, 1.82) is 0 Å². The third-order valence-electron chi connectivity index (χ3n) is 5.09. The molecule has 2 aromatic rings. The summed E-state index contributed by atoms with van der Waals surface area (Å²) in [6.45, 7) is 7.53. The molecule has 2 amide bonds. The highest BCUT2D eigenvalue weighted by Gasteiger charge is 2.61. The normalized spacial score (nSPS) is 21.6. The van der Waals surface area contributed by atoms with Crippen LogP contribution < -0.4 is 9.80 Å². The van der Waals surface area contributed by atoms with Gasteiger partial charge >= 0.3 is 0 Å². The zero-order chi connectivity index (χ0) is 19.2. The first-order valence-electron chi connectivity index (χ1n) is 8.81. The number of para-hydroxylation sites is 2. The van der Waals surface area contributed by atoms with E-state index in [0.717, 1.165) is 5.69 Å². The molecule has 136 valence electrons. The summed E-state index contributed by atoms with van der Waals surface area (Å²) in [6.07, 6.45) is 1.67. The van der Waals surface area contributed by atoms with Crippen LogP contribution in [0, 0.1) is 0 Å². The number of nitrogens with zero attached hydrogens (tertiary/aromatic N) is 2. The van der Waals surface area contributed by atoms with Crippen LogP contribution in [0.1, 0.15) is 19.4 Å². The summed E-state index contributed by atoms with van der Waals surface area (Å²) in [5.74, 6) is -0.0861. The van der Waals surface area contributed by atoms with E-state index in [1.165, 1.54) is 4.90 Å². The Bertz CT molecular complexity index is 980. The van der Waals surface area contributed by atoms with Gasteiger partial charge in [-0.25, -0.2) is 0 Å². The Hall–Kier alpha value is -3.34. The highest BCUT2D eigenvalue weighted by molar-refractivity contribution is 6.17. The third kappa shape index (κ3) is 2.24. The topological polar surface area (TPSA) is 49.9 Å². The maximum atomic E-state index is 13.6. The molecule has 0 aromatic heterocycles. The Morgan fingerprint density at radius 1 is 1.04 bits per heavy atom. The van der Waals surface area contributed by atoms with Crippen molar-refractivity contribution in [3.63, 3.8) is 0 Å². The van der Waals surface area contributed by atoms with Crippen LogP contribution in [0.15, 0.2) is 78.6 Å². The van der Waals surface area contributed by atoms with Gasteiger partial charge in [-0.2, -0.15) is 0 Å². The van der Waals surface area contributed by atoms with Crippen LogP contribution in [0.2, 0.25) is 0 Å². The average Bonchev–Trinajstić information content (AvgIpc) is 2.91. The highest BCUT2D eigenvalue weighted by atomic mass is 16.5. The summed E-state index contributed by atoms with van der Waals surface area (Å²) < 4.78 is 6.26. The van der Waals surface area contributed by atoms with E-state index in [2.05, 4.69) is 6.58 Å². The molecular weight excluding hydrogens is 340 g/mol. The molecule has 1 unspecified atom stereocenters. The van der Waals surface area contributed by atoms with Crippen molar-refractivity contribution in [2.24, 2.45) is 0 Å². The summed E-state index contributed by atoms with van der Waals surface area (Å²) in [7, 11) is 0. The number of carbonyl (C=O) groups is 2. The van der Waals surface area contributed by atoms with Gasteiger partial charge in [-0.1, -0.05) is 42.5 Å². The predicted molar refractivity (Wildman–Crippen MR) is 104 cm³/mol. The highest BCUT2D eigenvalue weighted by Crippen LogP contribution is 2.50. The molecule has 0 bridgehead atoms. The summed E-state index contributed by atoms with van der Waals surface area (Å²) >= 11 is 0. The molecule has 4 rings (SSSR count). The van der Waals surface area contributed by atoms with Crippen LogP contribution >= 0.6 is 0 Å². The van der Waals surface area contributed by atoms with Crippen LogP contribution in [0.25, 0.3) is 0 Å². The lowest BCUT2D eigenvalue weighted by atomic mass is 9.97. The number of fused-ring (bicyclic) bond motifs is 2. The number of allylic oxidation sites excluding steroid dienone is 1. The largest absolute Gasteiger partial charge is 0.458 e. The molecule has 1 spiro atoms. The summed E-state index contributed by atoms with van der Waals surface area (Å²) in [6, 6.07) is 16.6. The maximum absolute atomic E-state index is 13.6. The molecule has 1 atom stereocenters. The standard InChI is InChI=1S/C22H20N2O3/c1-4-14-23-19-13-9-8-12-18(19)22(21(23)26)24(17-10-6-5-7-11-17)20(25)15(2)16(3)27-22/h4-13H,1,14H2,2-3H3. The first-order valence-corrected chi connectivity index (χ1v) is 8.81. The second-order valence-electron chi connectivity index (χ2n) is 6.62. The van der Waals surface area contributed by atoms with E-state index in [1.54, 1.807) is 24.8 Å². The van der Waals surface area contributed by atoms with Gasteiger partial charge in [-0.3, -0.25) is 14.5 Å². The summed E-state index contributed by atoms with van der Waals surface area (Å²) in [4.78, 5) is 30.0. The fraction of sp³-hybridized carbons (Fsp3) is 0.182. The van der Waals surface area contributed by atoms with Gasteiger partial charge in [0.25, 0.3) is 17.5 Å². The molecule has 2 heterocycles. The van der Waals surface area contributed by atoms with Crippen molar-refractivity contribution in [3.8, 4) is 0 Å². The van der Waals surface area contributed by atoms with Crippen molar-refractivity contribution in [3.05, 3.63) is 84.1 Å². The maximum Gasteiger partial charge on any atom is 0.298 e. The van der Waals surface area contributed by atoms with E-state index in [-0.39, 0.29) is 11.8 Å². The van der Waals surface area contributed by atoms with Crippen LogP contribution in [0.4, 0.5) is 11.4 Å². The van der Waals surface area contributed by atoms with Crippen LogP contribution in [0.3, 0.4) is 0 Å². The van der Waals surface area contributed by atoms with E-state index in [4.69, 9.17) is 4.74 Å². The second kappa shape index (κ2) is 6.13. The lowest BCUT2D eigenvalue weighted by molar-refractivity contribution is -0.145. The zero-order valence-electron chi connectivity index (χ0n) is 15.3. The fourth-order valence-corrected chi connectivity index (χ4v) is 3.71. The lowest BCUT2D eigenvalue weighted by Gasteiger charge is -2.43. The molecule has 0 N–H and O–H groups in total. The van der Waals surface area contributed by atoms with Gasteiger partial charge in [0.05, 0.1) is 16.8 Å². The number of hydrogen-bond donors (Lipinski definition) is 0. The van der Waals surface area contributed by atoms with Crippen molar-refractivity contribution in [2.75, 3.05) is 16.3 Å². The van der Waals surface area contributed by atoms with Gasteiger partial charge in [0, 0.05) is 12.2 Å². The minimum atomic E-state index is -1.55. The number of amides is 2. The molecule has 0 aliphatic carbocycles.